The topological polar surface area (TPSA) is 58.4 Å². The molecule has 0 radical (unpaired) electrons. The highest BCUT2D eigenvalue weighted by Gasteiger charge is 2.30. The highest BCUT2D eigenvalue weighted by molar-refractivity contribution is 5.92. The number of carbonyl (C=O) groups excluding carboxylic acids is 1. The van der Waals surface area contributed by atoms with Crippen molar-refractivity contribution < 1.29 is 9.90 Å². The number of nitrogens with zero attached hydrogens (tertiary/aromatic N) is 3. The number of hydrogen-bond donors (Lipinski definition) is 1. The normalized spacial score (nSPS) is 15.4. The van der Waals surface area contributed by atoms with E-state index >= 15 is 0 Å². The minimum Gasteiger partial charge on any atom is -0.395 e. The molecule has 0 bridgehead atoms. The van der Waals surface area contributed by atoms with Gasteiger partial charge >= 0.3 is 0 Å². The van der Waals surface area contributed by atoms with Crippen molar-refractivity contribution in [1.82, 2.24) is 14.7 Å². The number of aliphatic hydroxyl groups is 1. The van der Waals surface area contributed by atoms with E-state index in [9.17, 15) is 4.79 Å². The van der Waals surface area contributed by atoms with E-state index in [4.69, 9.17) is 5.11 Å². The van der Waals surface area contributed by atoms with E-state index in [1.165, 1.54) is 0 Å². The molecule has 5 heteroatoms. The summed E-state index contributed by atoms with van der Waals surface area (Å²) < 4.78 is 1.69. The number of aryl methyl sites for hydroxylation is 1. The van der Waals surface area contributed by atoms with Crippen LogP contribution in [0, 0.1) is 0 Å². The molecule has 1 aromatic heterocycles. The van der Waals surface area contributed by atoms with Crippen LogP contribution in [0.4, 0.5) is 0 Å². The lowest BCUT2D eigenvalue weighted by molar-refractivity contribution is -0.127. The predicted octanol–water partition coefficient (Wildman–Crippen LogP) is 0.417. The molecule has 0 aliphatic heterocycles. The standard InChI is InChI=1S/C12H17N3O2/c1-14-9-10(8-13-14)2-5-12(17)15(6-7-16)11-3-4-11/h2,5,8-9,11,16H,3-4,6-7H2,1H3/b5-2+. The van der Waals surface area contributed by atoms with Gasteiger partial charge in [-0.05, 0) is 18.9 Å². The minimum atomic E-state index is -0.0367. The average molecular weight is 235 g/mol. The Balaban J connectivity index is 1.96. The number of aliphatic hydroxyl groups excluding tert-OH is 1. The molecule has 5 nitrogen and oxygen atoms in total. The van der Waals surface area contributed by atoms with Crippen molar-refractivity contribution in [1.29, 1.82) is 0 Å². The van der Waals surface area contributed by atoms with Crippen LogP contribution in [-0.2, 0) is 11.8 Å². The molecule has 1 aliphatic rings. The van der Waals surface area contributed by atoms with Gasteiger partial charge in [0, 0.05) is 37.5 Å². The Labute approximate surface area is 100 Å². The molecule has 1 amide bonds. The van der Waals surface area contributed by atoms with Gasteiger partial charge in [0.15, 0.2) is 0 Å². The van der Waals surface area contributed by atoms with Gasteiger partial charge in [0.25, 0.3) is 0 Å². The monoisotopic (exact) mass is 235 g/mol. The van der Waals surface area contributed by atoms with Crippen molar-refractivity contribution in [3.63, 3.8) is 0 Å². The molecule has 0 atom stereocenters. The molecular weight excluding hydrogens is 218 g/mol. The fourth-order valence-corrected chi connectivity index (χ4v) is 1.76. The second-order valence-corrected chi connectivity index (χ2v) is 4.27. The van der Waals surface area contributed by atoms with E-state index in [-0.39, 0.29) is 12.5 Å². The van der Waals surface area contributed by atoms with Gasteiger partial charge in [-0.25, -0.2) is 0 Å². The molecule has 1 saturated carbocycles. The molecule has 17 heavy (non-hydrogen) atoms. The van der Waals surface area contributed by atoms with Gasteiger partial charge in [-0.3, -0.25) is 9.48 Å². The largest absolute Gasteiger partial charge is 0.395 e. The summed E-state index contributed by atoms with van der Waals surface area (Å²) in [5, 5.41) is 12.9. The average Bonchev–Trinajstić information content (AvgIpc) is 3.06. The van der Waals surface area contributed by atoms with Crippen LogP contribution in [0.3, 0.4) is 0 Å². The molecule has 92 valence electrons. The molecule has 1 heterocycles. The van der Waals surface area contributed by atoms with E-state index in [1.807, 2.05) is 13.2 Å². The number of rotatable bonds is 5. The maximum absolute atomic E-state index is 11.9. The highest BCUT2D eigenvalue weighted by atomic mass is 16.3. The van der Waals surface area contributed by atoms with Crippen LogP contribution in [-0.4, -0.2) is 44.9 Å². The fourth-order valence-electron chi connectivity index (χ4n) is 1.76. The summed E-state index contributed by atoms with van der Waals surface area (Å²) in [6, 6.07) is 0.327. The van der Waals surface area contributed by atoms with Crippen molar-refractivity contribution in [2.45, 2.75) is 18.9 Å². The lowest BCUT2D eigenvalue weighted by Crippen LogP contribution is -2.34. The lowest BCUT2D eigenvalue weighted by atomic mass is 10.3. The van der Waals surface area contributed by atoms with Gasteiger partial charge in [-0.2, -0.15) is 5.10 Å². The summed E-state index contributed by atoms with van der Waals surface area (Å²) >= 11 is 0. The number of aromatic nitrogens is 2. The fraction of sp³-hybridized carbons (Fsp3) is 0.500. The summed E-state index contributed by atoms with van der Waals surface area (Å²) in [7, 11) is 1.83. The third-order valence-electron chi connectivity index (χ3n) is 2.75. The SMILES string of the molecule is Cn1cc(/C=C/C(=O)N(CCO)C2CC2)cn1. The lowest BCUT2D eigenvalue weighted by Gasteiger charge is -2.19. The molecule has 0 unspecified atom stereocenters. The van der Waals surface area contributed by atoms with Gasteiger partial charge in [0.05, 0.1) is 12.8 Å². The molecule has 0 saturated heterocycles. The van der Waals surface area contributed by atoms with Crippen molar-refractivity contribution >= 4 is 12.0 Å². The Morgan fingerprint density at radius 2 is 2.47 bits per heavy atom. The Hall–Kier alpha value is -1.62. The number of carbonyl (C=O) groups is 1. The van der Waals surface area contributed by atoms with E-state index in [0.29, 0.717) is 12.6 Å². The number of amides is 1. The molecular formula is C12H17N3O2. The number of hydrogen-bond acceptors (Lipinski definition) is 3. The van der Waals surface area contributed by atoms with Gasteiger partial charge in [0.2, 0.25) is 5.91 Å². The van der Waals surface area contributed by atoms with Crippen LogP contribution in [0.2, 0.25) is 0 Å². The Morgan fingerprint density at radius 3 is 3.00 bits per heavy atom. The van der Waals surface area contributed by atoms with Crippen LogP contribution in [0.25, 0.3) is 6.08 Å². The van der Waals surface area contributed by atoms with Crippen LogP contribution >= 0.6 is 0 Å². The summed E-state index contributed by atoms with van der Waals surface area (Å²) in [5.41, 5.74) is 0.903. The van der Waals surface area contributed by atoms with Crippen LogP contribution in [0.15, 0.2) is 18.5 Å². The zero-order chi connectivity index (χ0) is 12.3. The molecule has 2 rings (SSSR count). The second-order valence-electron chi connectivity index (χ2n) is 4.27. The summed E-state index contributed by atoms with van der Waals surface area (Å²) in [6.07, 6.45) is 8.95. The van der Waals surface area contributed by atoms with Crippen LogP contribution in [0.1, 0.15) is 18.4 Å². The first kappa shape index (κ1) is 11.9. The Morgan fingerprint density at radius 1 is 1.71 bits per heavy atom. The van der Waals surface area contributed by atoms with Crippen LogP contribution in [0.5, 0.6) is 0 Å². The van der Waals surface area contributed by atoms with Crippen molar-refractivity contribution in [3.8, 4) is 0 Å². The summed E-state index contributed by atoms with van der Waals surface area (Å²) in [5.74, 6) is -0.0367. The van der Waals surface area contributed by atoms with Crippen molar-refractivity contribution in [2.24, 2.45) is 7.05 Å². The third-order valence-corrected chi connectivity index (χ3v) is 2.75. The first-order chi connectivity index (χ1) is 8.20. The van der Waals surface area contributed by atoms with E-state index in [0.717, 1.165) is 18.4 Å². The Kier molecular flexibility index (Phi) is 3.58. The van der Waals surface area contributed by atoms with Gasteiger partial charge < -0.3 is 10.0 Å². The first-order valence-corrected chi connectivity index (χ1v) is 5.79. The predicted molar refractivity (Wildman–Crippen MR) is 64.1 cm³/mol. The zero-order valence-corrected chi connectivity index (χ0v) is 9.91. The first-order valence-electron chi connectivity index (χ1n) is 5.79. The molecule has 1 N–H and O–H groups in total. The minimum absolute atomic E-state index is 0.0168. The van der Waals surface area contributed by atoms with Gasteiger partial charge in [-0.15, -0.1) is 0 Å². The third kappa shape index (κ3) is 3.17. The van der Waals surface area contributed by atoms with Gasteiger partial charge in [-0.1, -0.05) is 0 Å². The van der Waals surface area contributed by atoms with Crippen molar-refractivity contribution in [2.75, 3.05) is 13.2 Å². The second kappa shape index (κ2) is 5.14. The van der Waals surface area contributed by atoms with E-state index in [1.54, 1.807) is 27.9 Å². The van der Waals surface area contributed by atoms with Crippen molar-refractivity contribution in [3.05, 3.63) is 24.0 Å². The summed E-state index contributed by atoms with van der Waals surface area (Å²) in [6.45, 7) is 0.434. The maximum Gasteiger partial charge on any atom is 0.246 e. The quantitative estimate of drug-likeness (QED) is 0.752. The zero-order valence-electron chi connectivity index (χ0n) is 9.91. The molecule has 0 aromatic carbocycles. The Bertz CT molecular complexity index is 421. The molecule has 1 aliphatic carbocycles. The molecule has 1 aromatic rings. The van der Waals surface area contributed by atoms with Gasteiger partial charge in [0.1, 0.15) is 0 Å². The molecule has 0 spiro atoms. The maximum atomic E-state index is 11.9. The van der Waals surface area contributed by atoms with E-state index in [2.05, 4.69) is 5.10 Å². The smallest absolute Gasteiger partial charge is 0.246 e. The summed E-state index contributed by atoms with van der Waals surface area (Å²) in [4.78, 5) is 13.6. The van der Waals surface area contributed by atoms with E-state index < -0.39 is 0 Å². The highest BCUT2D eigenvalue weighted by Crippen LogP contribution is 2.26. The van der Waals surface area contributed by atoms with Crippen LogP contribution < -0.4 is 0 Å². The molecule has 1 fully saturated rings.